The number of methoxy groups -OCH3 is 1. The molecule has 1 saturated heterocycles. The van der Waals surface area contributed by atoms with Crippen LogP contribution in [0.3, 0.4) is 0 Å². The van der Waals surface area contributed by atoms with Gasteiger partial charge in [-0.05, 0) is 25.0 Å². The summed E-state index contributed by atoms with van der Waals surface area (Å²) in [5.74, 6) is 0.433. The van der Waals surface area contributed by atoms with Crippen LogP contribution in [-0.2, 0) is 0 Å². The number of ether oxygens (including phenoxy) is 1. The molecule has 0 unspecified atom stereocenters. The first kappa shape index (κ1) is 15.1. The quantitative estimate of drug-likeness (QED) is 0.376. The van der Waals surface area contributed by atoms with Gasteiger partial charge in [-0.15, -0.1) is 0 Å². The number of carbonyl (C=O) groups is 1. The second-order valence-electron chi connectivity index (χ2n) is 5.40. The summed E-state index contributed by atoms with van der Waals surface area (Å²) in [6, 6.07) is 3.41. The van der Waals surface area contributed by atoms with E-state index in [9.17, 15) is 4.79 Å². The van der Waals surface area contributed by atoms with Gasteiger partial charge in [-0.2, -0.15) is 0 Å². The van der Waals surface area contributed by atoms with Gasteiger partial charge in [-0.3, -0.25) is 4.79 Å². The van der Waals surface area contributed by atoms with E-state index in [1.54, 1.807) is 23.2 Å². The number of oxime groups is 1. The first-order valence-corrected chi connectivity index (χ1v) is 6.78. The van der Waals surface area contributed by atoms with Crippen molar-refractivity contribution in [1.82, 2.24) is 9.88 Å². The third-order valence-corrected chi connectivity index (χ3v) is 4.08. The lowest BCUT2D eigenvalue weighted by Gasteiger charge is -2.38. The first-order valence-electron chi connectivity index (χ1n) is 6.78. The van der Waals surface area contributed by atoms with Gasteiger partial charge in [-0.25, -0.2) is 4.98 Å². The van der Waals surface area contributed by atoms with Crippen molar-refractivity contribution in [2.24, 2.45) is 16.3 Å². The van der Waals surface area contributed by atoms with Gasteiger partial charge in [0.2, 0.25) is 5.88 Å². The molecule has 21 heavy (non-hydrogen) atoms. The molecule has 7 nitrogen and oxygen atoms in total. The normalized spacial score (nSPS) is 18.4. The molecule has 7 heteroatoms. The Labute approximate surface area is 123 Å². The number of pyridine rings is 1. The van der Waals surface area contributed by atoms with Crippen LogP contribution >= 0.6 is 0 Å². The molecule has 1 aliphatic rings. The fourth-order valence-corrected chi connectivity index (χ4v) is 2.47. The molecule has 1 aromatic rings. The number of nitrogens with two attached hydrogens (primary N) is 1. The van der Waals surface area contributed by atoms with E-state index in [4.69, 9.17) is 15.7 Å². The van der Waals surface area contributed by atoms with E-state index in [1.807, 2.05) is 6.92 Å². The molecule has 0 atom stereocenters. The van der Waals surface area contributed by atoms with Crippen LogP contribution in [-0.4, -0.2) is 47.0 Å². The SMILES string of the molecule is COc1ncccc1C(=O)N1CCC(C)(/C(N)=N/O)CC1. The molecule has 2 rings (SSSR count). The smallest absolute Gasteiger partial charge is 0.259 e. The number of likely N-dealkylation sites (tertiary alicyclic amines) is 1. The predicted molar refractivity (Wildman–Crippen MR) is 77.4 cm³/mol. The Morgan fingerprint density at radius 3 is 2.76 bits per heavy atom. The first-order chi connectivity index (χ1) is 10.0. The molecule has 1 aromatic heterocycles. The van der Waals surface area contributed by atoms with Crippen molar-refractivity contribution in [2.45, 2.75) is 19.8 Å². The molecular weight excluding hydrogens is 272 g/mol. The van der Waals surface area contributed by atoms with Crippen LogP contribution in [0.4, 0.5) is 0 Å². The molecule has 3 N–H and O–H groups in total. The predicted octanol–water partition coefficient (Wildman–Crippen LogP) is 1.08. The summed E-state index contributed by atoms with van der Waals surface area (Å²) in [5.41, 5.74) is 5.81. The van der Waals surface area contributed by atoms with E-state index in [0.29, 0.717) is 37.4 Å². The van der Waals surface area contributed by atoms with E-state index < -0.39 is 0 Å². The van der Waals surface area contributed by atoms with E-state index in [-0.39, 0.29) is 17.2 Å². The highest BCUT2D eigenvalue weighted by atomic mass is 16.5. The van der Waals surface area contributed by atoms with Crippen molar-refractivity contribution in [1.29, 1.82) is 0 Å². The molecule has 114 valence electrons. The number of rotatable bonds is 3. The largest absolute Gasteiger partial charge is 0.480 e. The molecule has 0 bridgehead atoms. The van der Waals surface area contributed by atoms with Crippen LogP contribution in [0.25, 0.3) is 0 Å². The summed E-state index contributed by atoms with van der Waals surface area (Å²) in [5, 5.41) is 11.9. The van der Waals surface area contributed by atoms with Gasteiger partial charge < -0.3 is 20.6 Å². The number of amidine groups is 1. The van der Waals surface area contributed by atoms with Crippen molar-refractivity contribution >= 4 is 11.7 Å². The molecule has 0 aromatic carbocycles. The zero-order chi connectivity index (χ0) is 15.5. The van der Waals surface area contributed by atoms with E-state index in [0.717, 1.165) is 0 Å². The number of hydrogen-bond acceptors (Lipinski definition) is 5. The lowest BCUT2D eigenvalue weighted by atomic mass is 9.79. The van der Waals surface area contributed by atoms with Crippen LogP contribution in [0.5, 0.6) is 5.88 Å². The highest BCUT2D eigenvalue weighted by Crippen LogP contribution is 2.32. The van der Waals surface area contributed by atoms with E-state index >= 15 is 0 Å². The zero-order valence-corrected chi connectivity index (χ0v) is 12.2. The molecular formula is C14H20N4O3. The molecule has 1 fully saturated rings. The third-order valence-electron chi connectivity index (χ3n) is 4.08. The number of hydrogen-bond donors (Lipinski definition) is 2. The Balaban J connectivity index is 2.10. The molecule has 0 radical (unpaired) electrons. The molecule has 1 amide bonds. The summed E-state index contributed by atoms with van der Waals surface area (Å²) < 4.78 is 5.12. The van der Waals surface area contributed by atoms with Gasteiger partial charge >= 0.3 is 0 Å². The van der Waals surface area contributed by atoms with Crippen molar-refractivity contribution in [3.63, 3.8) is 0 Å². The lowest BCUT2D eigenvalue weighted by Crippen LogP contribution is -2.47. The second kappa shape index (κ2) is 5.99. The number of amides is 1. The Hall–Kier alpha value is -2.31. The molecule has 1 aliphatic heterocycles. The number of aromatic nitrogens is 1. The van der Waals surface area contributed by atoms with Crippen LogP contribution < -0.4 is 10.5 Å². The number of carbonyl (C=O) groups excluding carboxylic acids is 1. The average molecular weight is 292 g/mol. The van der Waals surface area contributed by atoms with Crippen LogP contribution in [0, 0.1) is 5.41 Å². The van der Waals surface area contributed by atoms with Gasteiger partial charge in [-0.1, -0.05) is 12.1 Å². The zero-order valence-electron chi connectivity index (χ0n) is 12.2. The highest BCUT2D eigenvalue weighted by molar-refractivity contribution is 5.96. The van der Waals surface area contributed by atoms with Gasteiger partial charge in [0.05, 0.1) is 7.11 Å². The Morgan fingerprint density at radius 2 is 2.19 bits per heavy atom. The second-order valence-corrected chi connectivity index (χ2v) is 5.40. The summed E-state index contributed by atoms with van der Waals surface area (Å²) >= 11 is 0. The molecule has 2 heterocycles. The highest BCUT2D eigenvalue weighted by Gasteiger charge is 2.36. The number of piperidine rings is 1. The maximum Gasteiger partial charge on any atom is 0.259 e. The Kier molecular flexibility index (Phi) is 4.30. The van der Waals surface area contributed by atoms with Gasteiger partial charge in [0, 0.05) is 24.7 Å². The summed E-state index contributed by atoms with van der Waals surface area (Å²) in [6.45, 7) is 3.03. The topological polar surface area (TPSA) is 101 Å². The average Bonchev–Trinajstić information content (AvgIpc) is 2.54. The summed E-state index contributed by atoms with van der Waals surface area (Å²) in [6.07, 6.45) is 2.88. The summed E-state index contributed by atoms with van der Waals surface area (Å²) in [7, 11) is 1.49. The fraction of sp³-hybridized carbons (Fsp3) is 0.500. The van der Waals surface area contributed by atoms with E-state index in [2.05, 4.69) is 10.1 Å². The molecule has 0 aliphatic carbocycles. The Bertz CT molecular complexity index is 551. The minimum absolute atomic E-state index is 0.110. The maximum atomic E-state index is 12.5. The lowest BCUT2D eigenvalue weighted by molar-refractivity contribution is 0.0662. The van der Waals surface area contributed by atoms with Crippen molar-refractivity contribution in [3.8, 4) is 5.88 Å². The van der Waals surface area contributed by atoms with Crippen molar-refractivity contribution in [3.05, 3.63) is 23.9 Å². The van der Waals surface area contributed by atoms with Crippen LogP contribution in [0.1, 0.15) is 30.1 Å². The number of nitrogens with zero attached hydrogens (tertiary/aromatic N) is 3. The molecule has 0 saturated carbocycles. The maximum absolute atomic E-state index is 12.5. The van der Waals surface area contributed by atoms with Crippen LogP contribution in [0.2, 0.25) is 0 Å². The minimum Gasteiger partial charge on any atom is -0.480 e. The fourth-order valence-electron chi connectivity index (χ4n) is 2.47. The van der Waals surface area contributed by atoms with Gasteiger partial charge in [0.1, 0.15) is 11.4 Å². The van der Waals surface area contributed by atoms with Gasteiger partial charge in [0.25, 0.3) is 5.91 Å². The minimum atomic E-state index is -0.370. The van der Waals surface area contributed by atoms with Crippen LogP contribution in [0.15, 0.2) is 23.5 Å². The molecule has 0 spiro atoms. The van der Waals surface area contributed by atoms with Crippen molar-refractivity contribution in [2.75, 3.05) is 20.2 Å². The third kappa shape index (κ3) is 2.91. The monoisotopic (exact) mass is 292 g/mol. The van der Waals surface area contributed by atoms with Gasteiger partial charge in [0.15, 0.2) is 0 Å². The Morgan fingerprint density at radius 1 is 1.52 bits per heavy atom. The summed E-state index contributed by atoms with van der Waals surface area (Å²) in [4.78, 5) is 18.3. The standard InChI is InChI=1S/C14H20N4O3/c1-14(13(15)17-20)5-8-18(9-6-14)12(19)10-4-3-7-16-11(10)21-2/h3-4,7,20H,5-6,8-9H2,1-2H3,(H2,15,17). The van der Waals surface area contributed by atoms with Crippen molar-refractivity contribution < 1.29 is 14.7 Å². The van der Waals surface area contributed by atoms with E-state index in [1.165, 1.54) is 7.11 Å².